The predicted octanol–water partition coefficient (Wildman–Crippen LogP) is 4.58. The fourth-order valence-corrected chi connectivity index (χ4v) is 2.84. The van der Waals surface area contributed by atoms with E-state index in [2.05, 4.69) is 10.3 Å². The van der Waals surface area contributed by atoms with Crippen molar-refractivity contribution in [2.45, 2.75) is 26.8 Å². The number of rotatable bonds is 3. The second kappa shape index (κ2) is 6.46. The first-order valence-corrected chi connectivity index (χ1v) is 8.37. The van der Waals surface area contributed by atoms with Crippen molar-refractivity contribution >= 4 is 29.5 Å². The molecule has 0 saturated heterocycles. The van der Waals surface area contributed by atoms with Gasteiger partial charge in [0.25, 0.3) is 0 Å². The molecule has 0 saturated carbocycles. The highest BCUT2D eigenvalue weighted by Gasteiger charge is 2.48. The molecule has 0 bridgehead atoms. The van der Waals surface area contributed by atoms with Gasteiger partial charge in [-0.25, -0.2) is 4.79 Å². The number of nitrogens with zero attached hydrogens (tertiary/aromatic N) is 4. The molecule has 1 aliphatic heterocycles. The molecule has 130 valence electrons. The maximum atomic E-state index is 13.2. The van der Waals surface area contributed by atoms with Gasteiger partial charge in [-0.2, -0.15) is 0 Å². The number of carbonyl (C=O) groups is 1. The number of amides is 2. The van der Waals surface area contributed by atoms with E-state index in [1.807, 2.05) is 26.0 Å². The molecule has 0 aliphatic carbocycles. The fraction of sp³-hybridized carbons (Fsp3) is 0.278. The standard InChI is InChI=1S/C18H20ClN4O2/c1-12(2)22(4)18(24)23(11-5-10-20-23)17-13(3)25-21-16(17)14-6-8-15(19)9-7-14/h5-12H,1-4H3/q+1. The lowest BCUT2D eigenvalue weighted by Crippen LogP contribution is -2.52. The van der Waals surface area contributed by atoms with Crippen LogP contribution in [0.2, 0.25) is 5.02 Å². The lowest BCUT2D eigenvalue weighted by atomic mass is 10.1. The van der Waals surface area contributed by atoms with Crippen LogP contribution in [0.1, 0.15) is 19.6 Å². The molecule has 1 atom stereocenters. The molecule has 0 N–H and O–H groups in total. The average Bonchev–Trinajstić information content (AvgIpc) is 3.21. The molecule has 6 nitrogen and oxygen atoms in total. The van der Waals surface area contributed by atoms with Crippen molar-refractivity contribution in [1.29, 1.82) is 0 Å². The minimum atomic E-state index is -0.331. The Kier molecular flexibility index (Phi) is 4.49. The highest BCUT2D eigenvalue weighted by molar-refractivity contribution is 6.30. The number of aryl methyl sites for hydroxylation is 1. The van der Waals surface area contributed by atoms with Gasteiger partial charge in [0, 0.05) is 36.7 Å². The zero-order chi connectivity index (χ0) is 18.2. The van der Waals surface area contributed by atoms with Crippen LogP contribution in [0.25, 0.3) is 11.3 Å². The number of hydrogen-bond acceptors (Lipinski definition) is 4. The molecular formula is C18H20ClN4O2+. The molecule has 2 heterocycles. The van der Waals surface area contributed by atoms with E-state index in [1.165, 1.54) is 0 Å². The normalized spacial score (nSPS) is 19.0. The lowest BCUT2D eigenvalue weighted by molar-refractivity contribution is 0.171. The number of hydrogen-bond donors (Lipinski definition) is 0. The Balaban J connectivity index is 2.18. The zero-order valence-corrected chi connectivity index (χ0v) is 15.4. The molecule has 1 aromatic carbocycles. The summed E-state index contributed by atoms with van der Waals surface area (Å²) in [6.07, 6.45) is 5.11. The second-order valence-electron chi connectivity index (χ2n) is 6.22. The van der Waals surface area contributed by atoms with E-state index in [-0.39, 0.29) is 16.7 Å². The van der Waals surface area contributed by atoms with E-state index in [0.717, 1.165) is 5.56 Å². The summed E-state index contributed by atoms with van der Waals surface area (Å²) < 4.78 is 5.10. The third-order valence-corrected chi connectivity index (χ3v) is 4.55. The number of aromatic nitrogens is 1. The Morgan fingerprint density at radius 3 is 2.52 bits per heavy atom. The van der Waals surface area contributed by atoms with Crippen molar-refractivity contribution in [2.24, 2.45) is 5.10 Å². The van der Waals surface area contributed by atoms with E-state index in [0.29, 0.717) is 22.2 Å². The minimum absolute atomic E-state index is 0.0332. The highest BCUT2D eigenvalue weighted by atomic mass is 35.5. The minimum Gasteiger partial charge on any atom is -0.354 e. The van der Waals surface area contributed by atoms with Gasteiger partial charge in [-0.15, -0.1) is 0 Å². The Bertz CT molecular complexity index is 840. The van der Waals surface area contributed by atoms with Gasteiger partial charge in [0.15, 0.2) is 11.5 Å². The molecular weight excluding hydrogens is 340 g/mol. The quantitative estimate of drug-likeness (QED) is 0.753. The molecule has 0 fully saturated rings. The maximum Gasteiger partial charge on any atom is 0.455 e. The van der Waals surface area contributed by atoms with E-state index in [1.54, 1.807) is 49.5 Å². The third-order valence-electron chi connectivity index (χ3n) is 4.29. The fourth-order valence-electron chi connectivity index (χ4n) is 2.71. The predicted molar refractivity (Wildman–Crippen MR) is 99.4 cm³/mol. The van der Waals surface area contributed by atoms with Gasteiger partial charge >= 0.3 is 6.03 Å². The largest absolute Gasteiger partial charge is 0.455 e. The first-order chi connectivity index (χ1) is 11.9. The summed E-state index contributed by atoms with van der Waals surface area (Å²) in [7, 11) is 1.76. The van der Waals surface area contributed by atoms with Crippen LogP contribution < -0.4 is 4.59 Å². The van der Waals surface area contributed by atoms with Crippen LogP contribution in [0.15, 0.2) is 46.2 Å². The first-order valence-electron chi connectivity index (χ1n) is 7.99. The van der Waals surface area contributed by atoms with Crippen molar-refractivity contribution in [3.8, 4) is 11.3 Å². The van der Waals surface area contributed by atoms with E-state index >= 15 is 0 Å². The lowest BCUT2D eigenvalue weighted by Gasteiger charge is -2.29. The molecule has 2 amide bonds. The monoisotopic (exact) mass is 359 g/mol. The topological polar surface area (TPSA) is 58.7 Å². The molecule has 0 radical (unpaired) electrons. The summed E-state index contributed by atoms with van der Waals surface area (Å²) >= 11 is 5.98. The van der Waals surface area contributed by atoms with Gasteiger partial charge < -0.3 is 4.52 Å². The summed E-state index contributed by atoms with van der Waals surface area (Å²) in [6, 6.07) is 7.10. The first kappa shape index (κ1) is 17.4. The van der Waals surface area contributed by atoms with Crippen LogP contribution in [0.3, 0.4) is 0 Å². The van der Waals surface area contributed by atoms with Gasteiger partial charge in [-0.1, -0.05) is 38.6 Å². The summed E-state index contributed by atoms with van der Waals surface area (Å²) in [5, 5.41) is 9.27. The molecule has 0 spiro atoms. The Labute approximate surface area is 151 Å². The van der Waals surface area contributed by atoms with Crippen molar-refractivity contribution in [1.82, 2.24) is 14.6 Å². The molecule has 2 aromatic rings. The summed E-state index contributed by atoms with van der Waals surface area (Å²) in [5.41, 5.74) is 1.98. The van der Waals surface area contributed by atoms with Gasteiger partial charge in [0.05, 0.1) is 6.21 Å². The summed E-state index contributed by atoms with van der Waals surface area (Å²) in [5.74, 6) is 0.541. The average molecular weight is 360 g/mol. The summed E-state index contributed by atoms with van der Waals surface area (Å²) in [4.78, 5) is 14.9. The van der Waals surface area contributed by atoms with Gasteiger partial charge in [0.1, 0.15) is 6.20 Å². The van der Waals surface area contributed by atoms with Crippen LogP contribution in [-0.2, 0) is 0 Å². The number of urea groups is 1. The van der Waals surface area contributed by atoms with Gasteiger partial charge in [0.2, 0.25) is 5.69 Å². The van der Waals surface area contributed by atoms with E-state index in [4.69, 9.17) is 16.1 Å². The molecule has 7 heteroatoms. The van der Waals surface area contributed by atoms with Crippen LogP contribution in [-0.4, -0.2) is 35.4 Å². The smallest absolute Gasteiger partial charge is 0.354 e. The van der Waals surface area contributed by atoms with Crippen LogP contribution in [0, 0.1) is 6.92 Å². The van der Waals surface area contributed by atoms with Crippen molar-refractivity contribution in [3.05, 3.63) is 47.3 Å². The zero-order valence-electron chi connectivity index (χ0n) is 14.6. The number of allylic oxidation sites excluding steroid dienone is 1. The third kappa shape index (κ3) is 2.88. The van der Waals surface area contributed by atoms with Crippen molar-refractivity contribution < 1.29 is 9.32 Å². The van der Waals surface area contributed by atoms with E-state index in [9.17, 15) is 4.79 Å². The highest BCUT2D eigenvalue weighted by Crippen LogP contribution is 2.41. The second-order valence-corrected chi connectivity index (χ2v) is 6.66. The van der Waals surface area contributed by atoms with Crippen LogP contribution in [0.4, 0.5) is 10.5 Å². The van der Waals surface area contributed by atoms with Gasteiger partial charge in [-0.3, -0.25) is 4.90 Å². The number of benzene rings is 1. The van der Waals surface area contributed by atoms with Crippen LogP contribution >= 0.6 is 11.6 Å². The Morgan fingerprint density at radius 1 is 1.28 bits per heavy atom. The molecule has 3 rings (SSSR count). The van der Waals surface area contributed by atoms with Crippen molar-refractivity contribution in [2.75, 3.05) is 7.05 Å². The molecule has 1 aromatic heterocycles. The molecule has 1 aliphatic rings. The van der Waals surface area contributed by atoms with Crippen molar-refractivity contribution in [3.63, 3.8) is 0 Å². The molecule has 1 unspecified atom stereocenters. The SMILES string of the molecule is Cc1onc(-c2ccc(Cl)cc2)c1[N+]1(C(=O)N(C)C(C)C)C=CC=N1. The Hall–Kier alpha value is -2.44. The number of quaternary nitrogens is 1. The number of halogens is 1. The summed E-state index contributed by atoms with van der Waals surface area (Å²) in [6.45, 7) is 5.70. The van der Waals surface area contributed by atoms with Crippen LogP contribution in [0.5, 0.6) is 0 Å². The number of carbonyl (C=O) groups excluding carboxylic acids is 1. The van der Waals surface area contributed by atoms with Gasteiger partial charge in [-0.05, 0) is 26.0 Å². The molecule has 25 heavy (non-hydrogen) atoms. The van der Waals surface area contributed by atoms with E-state index < -0.39 is 0 Å². The Morgan fingerprint density at radius 2 is 1.96 bits per heavy atom. The maximum absolute atomic E-state index is 13.2.